The predicted octanol–water partition coefficient (Wildman–Crippen LogP) is 5.97. The molecular weight excluding hydrogens is 526 g/mol. The van der Waals surface area contributed by atoms with Crippen molar-refractivity contribution in [2.75, 3.05) is 0 Å². The number of benzene rings is 2. The quantitative estimate of drug-likeness (QED) is 0.242. The summed E-state index contributed by atoms with van der Waals surface area (Å²) in [5, 5.41) is 10.8. The average molecular weight is 553 g/mol. The van der Waals surface area contributed by atoms with Crippen molar-refractivity contribution in [3.05, 3.63) is 76.7 Å². The van der Waals surface area contributed by atoms with Gasteiger partial charge < -0.3 is 10.1 Å². The number of aromatic nitrogens is 1. The number of aliphatic hydroxyl groups excluding tert-OH is 1. The molecule has 4 heteroatoms. The van der Waals surface area contributed by atoms with Gasteiger partial charge in [-0.2, -0.15) is 0 Å². The van der Waals surface area contributed by atoms with E-state index in [1.807, 2.05) is 6.20 Å². The summed E-state index contributed by atoms with van der Waals surface area (Å²) in [4.78, 5) is 14.7. The summed E-state index contributed by atoms with van der Waals surface area (Å²) < 4.78 is 0. The number of hydrogen-bond acceptors (Lipinski definition) is 3. The summed E-state index contributed by atoms with van der Waals surface area (Å²) in [6.07, 6.45) is 3.13. The van der Waals surface area contributed by atoms with Gasteiger partial charge in [-0.05, 0) is 37.2 Å². The number of nitrogens with zero attached hydrogens (tertiary/aromatic N) is 1. The van der Waals surface area contributed by atoms with Crippen LogP contribution < -0.4 is 0 Å². The third-order valence-corrected chi connectivity index (χ3v) is 4.42. The van der Waals surface area contributed by atoms with Gasteiger partial charge in [0.05, 0.1) is 5.76 Å². The Hall–Kier alpha value is -2.29. The van der Waals surface area contributed by atoms with E-state index in [1.54, 1.807) is 0 Å². The largest absolute Gasteiger partial charge is 0.512 e. The van der Waals surface area contributed by atoms with Crippen LogP contribution in [0.3, 0.4) is 0 Å². The number of fused-ring (bicyclic) bond motifs is 1. The Morgan fingerprint density at radius 1 is 1.07 bits per heavy atom. The van der Waals surface area contributed by atoms with E-state index in [9.17, 15) is 4.79 Å². The fraction of sp³-hybridized carbons (Fsp3) is 0.250. The zero-order chi connectivity index (χ0) is 20.1. The molecule has 0 bridgehead atoms. The number of rotatable bonds is 2. The van der Waals surface area contributed by atoms with Gasteiger partial charge in [0, 0.05) is 32.4 Å². The maximum absolute atomic E-state index is 10.0. The third kappa shape index (κ3) is 5.85. The molecule has 28 heavy (non-hydrogen) atoms. The molecule has 149 valence electrons. The van der Waals surface area contributed by atoms with Crippen LogP contribution in [0.5, 0.6) is 0 Å². The summed E-state index contributed by atoms with van der Waals surface area (Å²) in [6, 6.07) is 14.1. The van der Waals surface area contributed by atoms with Crippen LogP contribution in [0.15, 0.2) is 48.4 Å². The van der Waals surface area contributed by atoms with Crippen LogP contribution >= 0.6 is 0 Å². The molecule has 0 spiro atoms. The molecule has 2 aromatic carbocycles. The van der Waals surface area contributed by atoms with E-state index in [0.717, 1.165) is 16.8 Å². The first-order valence-corrected chi connectivity index (χ1v) is 8.93. The topological polar surface area (TPSA) is 50.2 Å². The summed E-state index contributed by atoms with van der Waals surface area (Å²) in [5.74, 6) is -0.0625. The molecule has 3 nitrogen and oxygen atoms in total. The zero-order valence-electron chi connectivity index (χ0n) is 17.2. The average Bonchev–Trinajstić information content (AvgIpc) is 2.58. The van der Waals surface area contributed by atoms with E-state index in [0.29, 0.717) is 0 Å². The van der Waals surface area contributed by atoms with E-state index >= 15 is 0 Å². The van der Waals surface area contributed by atoms with Crippen molar-refractivity contribution in [3.63, 3.8) is 0 Å². The SMILES string of the molecule is CC(=O)/C=C(/C)O.Cc1[c-]c(-c2ncc3ccccc3c2C)c(C)c(C)c1.[Ir]. The van der Waals surface area contributed by atoms with Crippen molar-refractivity contribution >= 4 is 16.6 Å². The Balaban J connectivity index is 0.000000425. The van der Waals surface area contributed by atoms with E-state index in [-0.39, 0.29) is 31.6 Å². The molecule has 3 rings (SSSR count). The predicted molar refractivity (Wildman–Crippen MR) is 112 cm³/mol. The van der Waals surface area contributed by atoms with Gasteiger partial charge in [-0.3, -0.25) is 4.79 Å². The van der Waals surface area contributed by atoms with Crippen molar-refractivity contribution in [2.24, 2.45) is 0 Å². The first-order chi connectivity index (χ1) is 12.7. The van der Waals surface area contributed by atoms with Crippen LogP contribution in [0.1, 0.15) is 36.1 Å². The molecule has 0 aliphatic heterocycles. The van der Waals surface area contributed by atoms with Crippen molar-refractivity contribution in [1.82, 2.24) is 4.98 Å². The third-order valence-electron chi connectivity index (χ3n) is 4.42. The van der Waals surface area contributed by atoms with Gasteiger partial charge in [0.1, 0.15) is 0 Å². The smallest absolute Gasteiger partial charge is 0.155 e. The van der Waals surface area contributed by atoms with Gasteiger partial charge in [-0.1, -0.05) is 50.6 Å². The van der Waals surface area contributed by atoms with Crippen molar-refractivity contribution in [3.8, 4) is 11.3 Å². The van der Waals surface area contributed by atoms with Crippen LogP contribution in [0.25, 0.3) is 22.0 Å². The Morgan fingerprint density at radius 3 is 2.29 bits per heavy atom. The zero-order valence-corrected chi connectivity index (χ0v) is 19.6. The van der Waals surface area contributed by atoms with Crippen LogP contribution in [0.4, 0.5) is 0 Å². The fourth-order valence-corrected chi connectivity index (χ4v) is 3.05. The number of ketones is 1. The van der Waals surface area contributed by atoms with Gasteiger partial charge in [0.25, 0.3) is 0 Å². The van der Waals surface area contributed by atoms with Gasteiger partial charge in [-0.15, -0.1) is 34.4 Å². The van der Waals surface area contributed by atoms with Crippen molar-refractivity contribution in [1.29, 1.82) is 0 Å². The maximum Gasteiger partial charge on any atom is 0.155 e. The Bertz CT molecular complexity index is 1020. The van der Waals surface area contributed by atoms with Gasteiger partial charge in [-0.25, -0.2) is 0 Å². The van der Waals surface area contributed by atoms with E-state index in [4.69, 9.17) is 5.11 Å². The standard InChI is InChI=1S/C19H18N.C5H8O2.Ir/c1-12-9-13(2)14(3)18(10-12)19-15(4)17-8-6-5-7-16(17)11-20-19;1-4(6)3-5(2)7;/h5-9,11H,1-4H3;3,6H,1-2H3;/q-1;;/b;4-3-;. The second kappa shape index (κ2) is 10.3. The number of hydrogen-bond donors (Lipinski definition) is 1. The number of carbonyl (C=O) groups is 1. The summed E-state index contributed by atoms with van der Waals surface area (Å²) in [7, 11) is 0. The summed E-state index contributed by atoms with van der Waals surface area (Å²) >= 11 is 0. The molecule has 0 amide bonds. The number of allylic oxidation sites excluding steroid dienone is 2. The van der Waals surface area contributed by atoms with Crippen LogP contribution in [0, 0.1) is 33.8 Å². The molecule has 3 aromatic rings. The molecule has 1 radical (unpaired) electrons. The van der Waals surface area contributed by atoms with Crippen molar-refractivity contribution in [2.45, 2.75) is 41.5 Å². The van der Waals surface area contributed by atoms with Crippen LogP contribution in [-0.4, -0.2) is 15.9 Å². The molecule has 1 aromatic heterocycles. The molecule has 0 atom stereocenters. The molecule has 0 aliphatic carbocycles. The molecule has 0 fully saturated rings. The fourth-order valence-electron chi connectivity index (χ4n) is 3.05. The van der Waals surface area contributed by atoms with Crippen molar-refractivity contribution < 1.29 is 30.0 Å². The molecule has 0 saturated carbocycles. The first kappa shape index (κ1) is 23.7. The molecule has 1 N–H and O–H groups in total. The van der Waals surface area contributed by atoms with Crippen LogP contribution in [-0.2, 0) is 24.9 Å². The molecule has 1 heterocycles. The normalized spacial score (nSPS) is 10.7. The molecule has 0 saturated heterocycles. The minimum atomic E-state index is -0.125. The Morgan fingerprint density at radius 2 is 1.71 bits per heavy atom. The Labute approximate surface area is 180 Å². The molecular formula is C24H26IrNO2-. The second-order valence-electron chi connectivity index (χ2n) is 6.85. The molecule has 0 aliphatic rings. The summed E-state index contributed by atoms with van der Waals surface area (Å²) in [5.41, 5.74) is 7.13. The first-order valence-electron chi connectivity index (χ1n) is 8.93. The minimum absolute atomic E-state index is 0. The van der Waals surface area contributed by atoms with Gasteiger partial charge >= 0.3 is 0 Å². The maximum atomic E-state index is 10.0. The van der Waals surface area contributed by atoms with Gasteiger partial charge in [0.2, 0.25) is 0 Å². The number of pyridine rings is 1. The van der Waals surface area contributed by atoms with E-state index < -0.39 is 0 Å². The van der Waals surface area contributed by atoms with E-state index in [1.165, 1.54) is 47.4 Å². The van der Waals surface area contributed by atoms with Crippen LogP contribution in [0.2, 0.25) is 0 Å². The number of aryl methyl sites for hydroxylation is 3. The second-order valence-corrected chi connectivity index (χ2v) is 6.85. The number of aliphatic hydroxyl groups is 1. The number of carbonyl (C=O) groups excluding carboxylic acids is 1. The van der Waals surface area contributed by atoms with E-state index in [2.05, 4.69) is 69.1 Å². The Kier molecular flexibility index (Phi) is 8.74. The monoisotopic (exact) mass is 553 g/mol. The summed E-state index contributed by atoms with van der Waals surface area (Å²) in [6.45, 7) is 11.4. The minimum Gasteiger partial charge on any atom is -0.512 e. The molecule has 0 unspecified atom stereocenters. The van der Waals surface area contributed by atoms with Gasteiger partial charge in [0.15, 0.2) is 5.78 Å².